The molecule has 0 aliphatic rings. The maximum atomic E-state index is 12.8. The Hall–Kier alpha value is -2.01. The van der Waals surface area contributed by atoms with Crippen molar-refractivity contribution in [2.45, 2.75) is 25.9 Å². The van der Waals surface area contributed by atoms with Gasteiger partial charge in [0.25, 0.3) is 0 Å². The van der Waals surface area contributed by atoms with Crippen molar-refractivity contribution in [3.8, 4) is 0 Å². The highest BCUT2D eigenvalue weighted by molar-refractivity contribution is 6.30. The van der Waals surface area contributed by atoms with Crippen LogP contribution in [0.5, 0.6) is 0 Å². The molecule has 2 aromatic rings. The number of carbonyl (C=O) groups excluding carboxylic acids is 1. The molecule has 1 N–H and O–H groups in total. The van der Waals surface area contributed by atoms with Crippen LogP contribution >= 0.6 is 11.6 Å². The molecule has 128 valence electrons. The van der Waals surface area contributed by atoms with E-state index in [4.69, 9.17) is 11.6 Å². The van der Waals surface area contributed by atoms with Gasteiger partial charge in [-0.25, -0.2) is 0 Å². The Morgan fingerprint density at radius 3 is 2.25 bits per heavy atom. The molecule has 0 aliphatic heterocycles. The second kappa shape index (κ2) is 7.26. The molecule has 0 saturated carbocycles. The van der Waals surface area contributed by atoms with Gasteiger partial charge in [0, 0.05) is 10.7 Å². The summed E-state index contributed by atoms with van der Waals surface area (Å²) in [5.74, 6) is -0.875. The lowest BCUT2D eigenvalue weighted by Gasteiger charge is -2.21. The lowest BCUT2D eigenvalue weighted by molar-refractivity contribution is -0.137. The summed E-state index contributed by atoms with van der Waals surface area (Å²) in [6.45, 7) is 3.76. The van der Waals surface area contributed by atoms with Gasteiger partial charge in [0.2, 0.25) is 5.91 Å². The molecule has 0 bridgehead atoms. The van der Waals surface area contributed by atoms with Gasteiger partial charge in [-0.2, -0.15) is 13.2 Å². The van der Waals surface area contributed by atoms with Crippen molar-refractivity contribution in [1.82, 2.24) is 0 Å². The van der Waals surface area contributed by atoms with Crippen molar-refractivity contribution in [2.75, 3.05) is 5.32 Å². The summed E-state index contributed by atoms with van der Waals surface area (Å²) in [5, 5.41) is 3.13. The highest BCUT2D eigenvalue weighted by Gasteiger charge is 2.31. The Labute approximate surface area is 143 Å². The van der Waals surface area contributed by atoms with Crippen molar-refractivity contribution < 1.29 is 18.0 Å². The van der Waals surface area contributed by atoms with E-state index in [2.05, 4.69) is 5.32 Å². The molecule has 24 heavy (non-hydrogen) atoms. The van der Waals surface area contributed by atoms with Gasteiger partial charge in [0.15, 0.2) is 0 Å². The van der Waals surface area contributed by atoms with Crippen LogP contribution in [0.15, 0.2) is 48.5 Å². The number of benzene rings is 2. The first kappa shape index (κ1) is 18.3. The van der Waals surface area contributed by atoms with Gasteiger partial charge < -0.3 is 5.32 Å². The van der Waals surface area contributed by atoms with Gasteiger partial charge in [0.1, 0.15) is 0 Å². The fraction of sp³-hybridized carbons (Fsp3) is 0.278. The van der Waals surface area contributed by atoms with Gasteiger partial charge in [-0.05, 0) is 41.8 Å². The molecule has 1 amide bonds. The van der Waals surface area contributed by atoms with Crippen LogP contribution in [-0.2, 0) is 11.0 Å². The number of amides is 1. The minimum atomic E-state index is -4.45. The zero-order valence-corrected chi connectivity index (χ0v) is 13.9. The third-order valence-electron chi connectivity index (χ3n) is 3.64. The lowest BCUT2D eigenvalue weighted by Crippen LogP contribution is -2.25. The Bertz CT molecular complexity index is 711. The highest BCUT2D eigenvalue weighted by atomic mass is 35.5. The quantitative estimate of drug-likeness (QED) is 0.744. The number of hydrogen-bond acceptors (Lipinski definition) is 1. The van der Waals surface area contributed by atoms with Gasteiger partial charge in [0.05, 0.1) is 11.5 Å². The van der Waals surface area contributed by atoms with Crippen molar-refractivity contribution >= 4 is 23.2 Å². The van der Waals surface area contributed by atoms with E-state index in [1.807, 2.05) is 13.8 Å². The Morgan fingerprint density at radius 2 is 1.71 bits per heavy atom. The SMILES string of the molecule is CC(C)[C@@H](C(=O)Nc1cccc(C(F)(F)F)c1)c1ccc(Cl)cc1. The van der Waals surface area contributed by atoms with Crippen LogP contribution in [0.3, 0.4) is 0 Å². The molecule has 2 nitrogen and oxygen atoms in total. The van der Waals surface area contributed by atoms with Crippen LogP contribution in [0, 0.1) is 5.92 Å². The molecule has 6 heteroatoms. The van der Waals surface area contributed by atoms with E-state index in [1.165, 1.54) is 12.1 Å². The molecule has 0 radical (unpaired) electrons. The summed E-state index contributed by atoms with van der Waals surface area (Å²) in [6.07, 6.45) is -4.45. The van der Waals surface area contributed by atoms with E-state index in [0.29, 0.717) is 5.02 Å². The Morgan fingerprint density at radius 1 is 1.08 bits per heavy atom. The van der Waals surface area contributed by atoms with E-state index in [0.717, 1.165) is 17.7 Å². The number of alkyl halides is 3. The van der Waals surface area contributed by atoms with Crippen LogP contribution in [0.2, 0.25) is 5.02 Å². The first-order chi connectivity index (χ1) is 11.2. The van der Waals surface area contributed by atoms with Crippen LogP contribution in [0.25, 0.3) is 0 Å². The van der Waals surface area contributed by atoms with Crippen molar-refractivity contribution in [2.24, 2.45) is 5.92 Å². The average molecular weight is 356 g/mol. The molecule has 2 aromatic carbocycles. The number of nitrogens with one attached hydrogen (secondary N) is 1. The molecule has 0 aromatic heterocycles. The smallest absolute Gasteiger partial charge is 0.326 e. The number of carbonyl (C=O) groups is 1. The second-order valence-electron chi connectivity index (χ2n) is 5.84. The molecule has 0 spiro atoms. The second-order valence-corrected chi connectivity index (χ2v) is 6.28. The van der Waals surface area contributed by atoms with Crippen LogP contribution in [-0.4, -0.2) is 5.91 Å². The molecule has 0 aliphatic carbocycles. The standard InChI is InChI=1S/C18H17ClF3NO/c1-11(2)16(12-6-8-14(19)9-7-12)17(24)23-15-5-3-4-13(10-15)18(20,21)22/h3-11,16H,1-2H3,(H,23,24)/t16-/m1/s1. The van der Waals surface area contributed by atoms with Crippen molar-refractivity contribution in [3.63, 3.8) is 0 Å². The molecular formula is C18H17ClF3NO. The summed E-state index contributed by atoms with van der Waals surface area (Å²) in [6, 6.07) is 11.5. The fourth-order valence-electron chi connectivity index (χ4n) is 2.50. The van der Waals surface area contributed by atoms with E-state index < -0.39 is 17.7 Å². The lowest BCUT2D eigenvalue weighted by atomic mass is 9.87. The van der Waals surface area contributed by atoms with Crippen LogP contribution in [0.1, 0.15) is 30.9 Å². The normalized spacial score (nSPS) is 13.0. The topological polar surface area (TPSA) is 29.1 Å². The third kappa shape index (κ3) is 4.51. The first-order valence-electron chi connectivity index (χ1n) is 7.42. The molecule has 2 rings (SSSR count). The highest BCUT2D eigenvalue weighted by Crippen LogP contribution is 2.32. The largest absolute Gasteiger partial charge is 0.416 e. The predicted octanol–water partition coefficient (Wildman–Crippen LogP) is 5.74. The maximum Gasteiger partial charge on any atom is 0.416 e. The number of anilines is 1. The molecule has 0 saturated heterocycles. The predicted molar refractivity (Wildman–Crippen MR) is 89.1 cm³/mol. The molecular weight excluding hydrogens is 339 g/mol. The maximum absolute atomic E-state index is 12.8. The number of rotatable bonds is 4. The Kier molecular flexibility index (Phi) is 5.54. The van der Waals surface area contributed by atoms with Crippen molar-refractivity contribution in [1.29, 1.82) is 0 Å². The van der Waals surface area contributed by atoms with Crippen LogP contribution < -0.4 is 5.32 Å². The summed E-state index contributed by atoms with van der Waals surface area (Å²) in [5.41, 5.74) is 0.0844. The van der Waals surface area contributed by atoms with Crippen molar-refractivity contribution in [3.05, 3.63) is 64.7 Å². The van der Waals surface area contributed by atoms with Crippen LogP contribution in [0.4, 0.5) is 18.9 Å². The summed E-state index contributed by atoms with van der Waals surface area (Å²) in [4.78, 5) is 12.6. The zero-order chi connectivity index (χ0) is 17.9. The summed E-state index contributed by atoms with van der Waals surface area (Å²) in [7, 11) is 0. The van der Waals surface area contributed by atoms with Gasteiger partial charge in [-0.15, -0.1) is 0 Å². The first-order valence-corrected chi connectivity index (χ1v) is 7.80. The Balaban J connectivity index is 2.24. The van der Waals surface area contributed by atoms with E-state index in [-0.39, 0.29) is 17.5 Å². The molecule has 0 fully saturated rings. The summed E-state index contributed by atoms with van der Waals surface area (Å²) < 4.78 is 38.3. The van der Waals surface area contributed by atoms with Gasteiger partial charge in [-0.1, -0.05) is 43.6 Å². The molecule has 0 heterocycles. The van der Waals surface area contributed by atoms with E-state index in [9.17, 15) is 18.0 Å². The number of halogens is 4. The average Bonchev–Trinajstić information content (AvgIpc) is 2.48. The van der Waals surface area contributed by atoms with E-state index in [1.54, 1.807) is 24.3 Å². The van der Waals surface area contributed by atoms with Gasteiger partial charge in [-0.3, -0.25) is 4.79 Å². The monoisotopic (exact) mass is 355 g/mol. The molecule has 0 unspecified atom stereocenters. The van der Waals surface area contributed by atoms with Gasteiger partial charge >= 0.3 is 6.18 Å². The minimum absolute atomic E-state index is 0.0306. The van der Waals surface area contributed by atoms with E-state index >= 15 is 0 Å². The zero-order valence-electron chi connectivity index (χ0n) is 13.2. The fourth-order valence-corrected chi connectivity index (χ4v) is 2.63. The molecule has 1 atom stereocenters. The minimum Gasteiger partial charge on any atom is -0.326 e. The number of hydrogen-bond donors (Lipinski definition) is 1. The third-order valence-corrected chi connectivity index (χ3v) is 3.89. The summed E-state index contributed by atoms with van der Waals surface area (Å²) >= 11 is 5.86.